The van der Waals surface area contributed by atoms with E-state index in [0.717, 1.165) is 12.8 Å². The SMILES string of the molecule is O=C(C=Cc1cn(Cc2ccccc2)nn1)NC1CCCCCC1. The van der Waals surface area contributed by atoms with E-state index in [2.05, 4.69) is 27.8 Å². The van der Waals surface area contributed by atoms with Gasteiger partial charge < -0.3 is 5.32 Å². The molecule has 1 aromatic heterocycles. The Bertz CT molecular complexity index is 670. The minimum Gasteiger partial charge on any atom is -0.350 e. The maximum absolute atomic E-state index is 12.0. The van der Waals surface area contributed by atoms with E-state index in [1.165, 1.54) is 31.2 Å². The van der Waals surface area contributed by atoms with E-state index in [9.17, 15) is 4.79 Å². The number of carbonyl (C=O) groups is 1. The molecule has 3 rings (SSSR count). The normalized spacial score (nSPS) is 16.2. The molecular weight excluding hydrogens is 300 g/mol. The van der Waals surface area contributed by atoms with Gasteiger partial charge in [0, 0.05) is 12.1 Å². The summed E-state index contributed by atoms with van der Waals surface area (Å²) in [5.74, 6) is -0.0421. The molecule has 1 aliphatic carbocycles. The van der Waals surface area contributed by atoms with Crippen LogP contribution in [0.2, 0.25) is 0 Å². The van der Waals surface area contributed by atoms with Crippen molar-refractivity contribution in [1.82, 2.24) is 20.3 Å². The number of hydrogen-bond donors (Lipinski definition) is 1. The molecule has 2 aromatic rings. The van der Waals surface area contributed by atoms with Crippen LogP contribution in [0.3, 0.4) is 0 Å². The average Bonchev–Trinajstić information content (AvgIpc) is 2.88. The van der Waals surface area contributed by atoms with Gasteiger partial charge >= 0.3 is 0 Å². The van der Waals surface area contributed by atoms with Gasteiger partial charge in [0.1, 0.15) is 5.69 Å². The van der Waals surface area contributed by atoms with E-state index in [-0.39, 0.29) is 5.91 Å². The lowest BCUT2D eigenvalue weighted by molar-refractivity contribution is -0.117. The lowest BCUT2D eigenvalue weighted by atomic mass is 10.1. The minimum atomic E-state index is -0.0421. The molecule has 5 heteroatoms. The van der Waals surface area contributed by atoms with Gasteiger partial charge in [-0.3, -0.25) is 4.79 Å². The first-order chi connectivity index (χ1) is 11.8. The molecule has 1 aliphatic rings. The van der Waals surface area contributed by atoms with Crippen molar-refractivity contribution >= 4 is 12.0 Å². The Morgan fingerprint density at radius 1 is 1.17 bits per heavy atom. The highest BCUT2D eigenvalue weighted by molar-refractivity contribution is 5.91. The molecule has 1 saturated carbocycles. The number of benzene rings is 1. The topological polar surface area (TPSA) is 59.8 Å². The largest absolute Gasteiger partial charge is 0.350 e. The Hall–Kier alpha value is -2.43. The van der Waals surface area contributed by atoms with Crippen LogP contribution in [-0.4, -0.2) is 26.9 Å². The standard InChI is InChI=1S/C19H24N4O/c24-19(20-17-10-6-1-2-7-11-17)13-12-18-15-23(22-21-18)14-16-8-4-3-5-9-16/h3-5,8-9,12-13,15,17H,1-2,6-7,10-11,14H2,(H,20,24). The molecule has 1 fully saturated rings. The fourth-order valence-corrected chi connectivity index (χ4v) is 3.07. The molecule has 1 N–H and O–H groups in total. The smallest absolute Gasteiger partial charge is 0.244 e. The predicted octanol–water partition coefficient (Wildman–Crippen LogP) is 3.18. The van der Waals surface area contributed by atoms with Crippen LogP contribution >= 0.6 is 0 Å². The van der Waals surface area contributed by atoms with Gasteiger partial charge in [0.2, 0.25) is 5.91 Å². The molecule has 24 heavy (non-hydrogen) atoms. The van der Waals surface area contributed by atoms with Crippen molar-refractivity contribution in [2.24, 2.45) is 0 Å². The second-order valence-corrected chi connectivity index (χ2v) is 6.36. The molecule has 0 bridgehead atoms. The second kappa shape index (κ2) is 8.43. The van der Waals surface area contributed by atoms with Crippen LogP contribution in [0.15, 0.2) is 42.6 Å². The lowest BCUT2D eigenvalue weighted by Gasteiger charge is -2.14. The molecule has 0 aliphatic heterocycles. The highest BCUT2D eigenvalue weighted by Gasteiger charge is 2.13. The van der Waals surface area contributed by atoms with Crippen LogP contribution in [0, 0.1) is 0 Å². The third kappa shape index (κ3) is 5.05. The van der Waals surface area contributed by atoms with E-state index >= 15 is 0 Å². The Labute approximate surface area is 142 Å². The van der Waals surface area contributed by atoms with Gasteiger partial charge in [-0.15, -0.1) is 5.10 Å². The summed E-state index contributed by atoms with van der Waals surface area (Å²) < 4.78 is 1.78. The Kier molecular flexibility index (Phi) is 5.77. The number of nitrogens with one attached hydrogen (secondary N) is 1. The number of carbonyl (C=O) groups excluding carboxylic acids is 1. The van der Waals surface area contributed by atoms with Crippen molar-refractivity contribution in [2.75, 3.05) is 0 Å². The highest BCUT2D eigenvalue weighted by Crippen LogP contribution is 2.17. The third-order valence-electron chi connectivity index (χ3n) is 4.35. The number of aromatic nitrogens is 3. The molecule has 0 atom stereocenters. The second-order valence-electron chi connectivity index (χ2n) is 6.36. The van der Waals surface area contributed by atoms with E-state index in [0.29, 0.717) is 18.3 Å². The molecule has 5 nitrogen and oxygen atoms in total. The summed E-state index contributed by atoms with van der Waals surface area (Å²) in [5.41, 5.74) is 1.87. The van der Waals surface area contributed by atoms with Gasteiger partial charge in [-0.1, -0.05) is 61.2 Å². The molecule has 0 radical (unpaired) electrons. The average molecular weight is 324 g/mol. The summed E-state index contributed by atoms with van der Waals surface area (Å²) in [5, 5.41) is 11.3. The first kappa shape index (κ1) is 16.4. The molecule has 1 aromatic carbocycles. The first-order valence-electron chi connectivity index (χ1n) is 8.72. The molecule has 1 heterocycles. The first-order valence-corrected chi connectivity index (χ1v) is 8.72. The zero-order valence-electron chi connectivity index (χ0n) is 13.9. The highest BCUT2D eigenvalue weighted by atomic mass is 16.1. The monoisotopic (exact) mass is 324 g/mol. The van der Waals surface area contributed by atoms with Crippen LogP contribution in [0.25, 0.3) is 6.08 Å². The van der Waals surface area contributed by atoms with Gasteiger partial charge in [0.25, 0.3) is 0 Å². The summed E-state index contributed by atoms with van der Waals surface area (Å²) in [6, 6.07) is 10.4. The number of nitrogens with zero attached hydrogens (tertiary/aromatic N) is 3. The Balaban J connectivity index is 1.51. The summed E-state index contributed by atoms with van der Waals surface area (Å²) >= 11 is 0. The van der Waals surface area contributed by atoms with Crippen molar-refractivity contribution in [2.45, 2.75) is 51.1 Å². The van der Waals surface area contributed by atoms with Crippen LogP contribution in [0.1, 0.15) is 49.8 Å². The van der Waals surface area contributed by atoms with Gasteiger partial charge in [0.05, 0.1) is 12.7 Å². The van der Waals surface area contributed by atoms with Crippen molar-refractivity contribution in [3.05, 3.63) is 53.9 Å². The van der Waals surface area contributed by atoms with Crippen molar-refractivity contribution in [3.63, 3.8) is 0 Å². The Morgan fingerprint density at radius 3 is 2.67 bits per heavy atom. The van der Waals surface area contributed by atoms with Gasteiger partial charge in [-0.2, -0.15) is 0 Å². The van der Waals surface area contributed by atoms with Crippen molar-refractivity contribution in [3.8, 4) is 0 Å². The number of hydrogen-bond acceptors (Lipinski definition) is 3. The molecule has 0 unspecified atom stereocenters. The van der Waals surface area contributed by atoms with E-state index in [1.807, 2.05) is 24.4 Å². The van der Waals surface area contributed by atoms with Crippen LogP contribution < -0.4 is 5.32 Å². The third-order valence-corrected chi connectivity index (χ3v) is 4.35. The molecule has 1 amide bonds. The maximum Gasteiger partial charge on any atom is 0.244 e. The number of amides is 1. The minimum absolute atomic E-state index is 0.0421. The summed E-state index contributed by atoms with van der Waals surface area (Å²) in [7, 11) is 0. The van der Waals surface area contributed by atoms with Gasteiger partial charge in [0.15, 0.2) is 0 Å². The zero-order chi connectivity index (χ0) is 16.6. The predicted molar refractivity (Wildman–Crippen MR) is 94.2 cm³/mol. The fraction of sp³-hybridized carbons (Fsp3) is 0.421. The summed E-state index contributed by atoms with van der Waals surface area (Å²) in [6.45, 7) is 0.677. The van der Waals surface area contributed by atoms with E-state index in [1.54, 1.807) is 16.8 Å². The van der Waals surface area contributed by atoms with Crippen molar-refractivity contribution < 1.29 is 4.79 Å². The Morgan fingerprint density at radius 2 is 1.92 bits per heavy atom. The molecule has 126 valence electrons. The van der Waals surface area contributed by atoms with E-state index < -0.39 is 0 Å². The molecular formula is C19H24N4O. The maximum atomic E-state index is 12.0. The van der Waals surface area contributed by atoms with Crippen molar-refractivity contribution in [1.29, 1.82) is 0 Å². The van der Waals surface area contributed by atoms with Crippen LogP contribution in [0.5, 0.6) is 0 Å². The van der Waals surface area contributed by atoms with Crippen LogP contribution in [-0.2, 0) is 11.3 Å². The van der Waals surface area contributed by atoms with Crippen LogP contribution in [0.4, 0.5) is 0 Å². The molecule has 0 saturated heterocycles. The van der Waals surface area contributed by atoms with E-state index in [4.69, 9.17) is 0 Å². The fourth-order valence-electron chi connectivity index (χ4n) is 3.07. The molecule has 0 spiro atoms. The zero-order valence-corrected chi connectivity index (χ0v) is 13.9. The quantitative estimate of drug-likeness (QED) is 0.679. The summed E-state index contributed by atoms with van der Waals surface area (Å²) in [6.07, 6.45) is 12.3. The lowest BCUT2D eigenvalue weighted by Crippen LogP contribution is -2.33. The van der Waals surface area contributed by atoms with Gasteiger partial charge in [-0.05, 0) is 24.5 Å². The number of rotatable bonds is 5. The summed E-state index contributed by atoms with van der Waals surface area (Å²) in [4.78, 5) is 12.0. The van der Waals surface area contributed by atoms with Gasteiger partial charge in [-0.25, -0.2) is 4.68 Å².